The second kappa shape index (κ2) is 8.82. The summed E-state index contributed by atoms with van der Waals surface area (Å²) in [5.74, 6) is 0.240. The number of nitrogens with zero attached hydrogens (tertiary/aromatic N) is 2. The Morgan fingerprint density at radius 1 is 1.35 bits per heavy atom. The van der Waals surface area contributed by atoms with Gasteiger partial charge in [-0.25, -0.2) is 9.78 Å². The number of carbonyl (C=O) groups is 1. The molecule has 8 heteroatoms. The number of nitrogen functional groups attached to an aromatic ring is 1. The van der Waals surface area contributed by atoms with Crippen molar-refractivity contribution >= 4 is 23.4 Å². The molecule has 8 nitrogen and oxygen atoms in total. The van der Waals surface area contributed by atoms with E-state index >= 15 is 0 Å². The first kappa shape index (κ1) is 19.2. The second-order valence-electron chi connectivity index (χ2n) is 5.79. The number of nitrogens with one attached hydrogen (secondary N) is 3. The average molecular weight is 356 g/mol. The first-order valence-corrected chi connectivity index (χ1v) is 8.18. The Morgan fingerprint density at radius 2 is 2.04 bits per heavy atom. The molecule has 0 fully saturated rings. The average Bonchev–Trinajstić information content (AvgIpc) is 2.60. The Bertz CT molecular complexity index is 764. The van der Waals surface area contributed by atoms with Crippen molar-refractivity contribution in [3.8, 4) is 0 Å². The zero-order chi connectivity index (χ0) is 19.1. The van der Waals surface area contributed by atoms with Gasteiger partial charge in [-0.2, -0.15) is 0 Å². The maximum atomic E-state index is 12.3. The Balaban J connectivity index is 2.07. The number of hydrogen-bond acceptors (Lipinski definition) is 6. The molecule has 0 bridgehead atoms. The summed E-state index contributed by atoms with van der Waals surface area (Å²) in [6.45, 7) is 2.15. The van der Waals surface area contributed by atoms with Gasteiger partial charge < -0.3 is 15.8 Å². The topological polar surface area (TPSA) is 116 Å². The normalized spacial score (nSPS) is 11.7. The molecule has 0 saturated carbocycles. The number of benzene rings is 1. The molecule has 0 aliphatic carbocycles. The van der Waals surface area contributed by atoms with Crippen LogP contribution in [0.2, 0.25) is 0 Å². The summed E-state index contributed by atoms with van der Waals surface area (Å²) in [4.78, 5) is 18.4. The summed E-state index contributed by atoms with van der Waals surface area (Å²) in [7, 11) is 3.75. The number of ether oxygens (including phenoxy) is 1. The van der Waals surface area contributed by atoms with Gasteiger partial charge in [0.1, 0.15) is 12.0 Å². The number of carbonyl (C=O) groups excluding carboxylic acids is 1. The highest BCUT2D eigenvalue weighted by Crippen LogP contribution is 2.17. The predicted molar refractivity (Wildman–Crippen MR) is 102 cm³/mol. The molecule has 5 N–H and O–H groups in total. The maximum absolute atomic E-state index is 12.3. The van der Waals surface area contributed by atoms with Crippen LogP contribution in [0.25, 0.3) is 0 Å². The van der Waals surface area contributed by atoms with E-state index in [-0.39, 0.29) is 12.1 Å². The van der Waals surface area contributed by atoms with Crippen LogP contribution in [0.15, 0.2) is 42.6 Å². The van der Waals surface area contributed by atoms with E-state index in [1.807, 2.05) is 49.3 Å². The van der Waals surface area contributed by atoms with Gasteiger partial charge in [-0.15, -0.1) is 0 Å². The molecule has 1 atom stereocenters. The highest BCUT2D eigenvalue weighted by atomic mass is 16.5. The summed E-state index contributed by atoms with van der Waals surface area (Å²) >= 11 is 0. The summed E-state index contributed by atoms with van der Waals surface area (Å²) in [5, 5.41) is 13.3. The van der Waals surface area contributed by atoms with Crippen LogP contribution in [0.4, 0.5) is 16.3 Å². The molecule has 0 aliphatic heterocycles. The quantitative estimate of drug-likeness (QED) is 0.360. The minimum Gasteiger partial charge on any atom is -0.478 e. The lowest BCUT2D eigenvalue weighted by Crippen LogP contribution is -2.39. The Morgan fingerprint density at radius 3 is 2.62 bits per heavy atom. The number of anilines is 2. The zero-order valence-electron chi connectivity index (χ0n) is 15.1. The molecule has 2 aromatic rings. The number of aromatic nitrogens is 1. The Hall–Kier alpha value is -3.13. The fourth-order valence-corrected chi connectivity index (χ4v) is 2.37. The highest BCUT2D eigenvalue weighted by molar-refractivity contribution is 5.97. The van der Waals surface area contributed by atoms with Crippen molar-refractivity contribution in [3.63, 3.8) is 0 Å². The predicted octanol–water partition coefficient (Wildman–Crippen LogP) is 2.41. The van der Waals surface area contributed by atoms with Crippen LogP contribution >= 0.6 is 0 Å². The molecule has 2 amide bonds. The smallest absolute Gasteiger partial charge is 0.321 e. The van der Waals surface area contributed by atoms with E-state index in [0.717, 1.165) is 5.56 Å². The molecule has 0 spiro atoms. The fourth-order valence-electron chi connectivity index (χ4n) is 2.37. The maximum Gasteiger partial charge on any atom is 0.321 e. The molecule has 2 rings (SSSR count). The van der Waals surface area contributed by atoms with Crippen molar-refractivity contribution < 1.29 is 9.53 Å². The van der Waals surface area contributed by atoms with Gasteiger partial charge in [0.05, 0.1) is 12.2 Å². The zero-order valence-corrected chi connectivity index (χ0v) is 15.1. The van der Waals surface area contributed by atoms with E-state index < -0.39 is 6.03 Å². The first-order valence-electron chi connectivity index (χ1n) is 8.18. The lowest BCUT2D eigenvalue weighted by atomic mass is 10.1. The molecule has 1 aromatic carbocycles. The summed E-state index contributed by atoms with van der Waals surface area (Å²) in [6.07, 6.45) is 1.11. The van der Waals surface area contributed by atoms with E-state index in [2.05, 4.69) is 15.6 Å². The Labute approximate surface area is 152 Å². The standard InChI is InChI=1S/C18H24N6O2/c1-4-26-16(20)13-11-21-15(10-14(13)19)22-18(25)23-17(24(2)3)12-8-6-5-7-9-12/h5-11,17,20H,4H2,1-3H3,(H4,19,21,22,23,25). The van der Waals surface area contributed by atoms with Crippen LogP contribution < -0.4 is 16.4 Å². The van der Waals surface area contributed by atoms with Crippen LogP contribution in [0.3, 0.4) is 0 Å². The molecule has 0 aliphatic rings. The minimum atomic E-state index is -0.410. The van der Waals surface area contributed by atoms with Crippen molar-refractivity contribution in [1.29, 1.82) is 5.41 Å². The van der Waals surface area contributed by atoms with Crippen LogP contribution in [0.1, 0.15) is 24.2 Å². The number of rotatable bonds is 6. The fraction of sp³-hybridized carbons (Fsp3) is 0.278. The van der Waals surface area contributed by atoms with Crippen LogP contribution in [0, 0.1) is 5.41 Å². The van der Waals surface area contributed by atoms with Crippen molar-refractivity contribution in [1.82, 2.24) is 15.2 Å². The molecule has 1 unspecified atom stereocenters. The molecule has 1 aromatic heterocycles. The van der Waals surface area contributed by atoms with Gasteiger partial charge in [0, 0.05) is 18.0 Å². The number of hydrogen-bond donors (Lipinski definition) is 4. The van der Waals surface area contributed by atoms with Gasteiger partial charge in [0.25, 0.3) is 0 Å². The summed E-state index contributed by atoms with van der Waals surface area (Å²) in [6, 6.07) is 10.7. The molecule has 0 radical (unpaired) electrons. The van der Waals surface area contributed by atoms with Gasteiger partial charge in [0.15, 0.2) is 0 Å². The summed E-state index contributed by atoms with van der Waals surface area (Å²) in [5.41, 5.74) is 7.58. The number of urea groups is 1. The highest BCUT2D eigenvalue weighted by Gasteiger charge is 2.17. The molecular weight excluding hydrogens is 332 g/mol. The third-order valence-electron chi connectivity index (χ3n) is 3.61. The molecule has 1 heterocycles. The van der Waals surface area contributed by atoms with E-state index in [9.17, 15) is 4.79 Å². The number of pyridine rings is 1. The lowest BCUT2D eigenvalue weighted by molar-refractivity contribution is 0.221. The van der Waals surface area contributed by atoms with Crippen molar-refractivity contribution in [2.45, 2.75) is 13.1 Å². The van der Waals surface area contributed by atoms with E-state index in [4.69, 9.17) is 15.9 Å². The van der Waals surface area contributed by atoms with Gasteiger partial charge >= 0.3 is 6.03 Å². The SMILES string of the molecule is CCOC(=N)c1cnc(NC(=O)NC(c2ccccc2)N(C)C)cc1N. The Kier molecular flexibility index (Phi) is 6.51. The molecular formula is C18H24N6O2. The van der Waals surface area contributed by atoms with Crippen molar-refractivity contribution in [2.75, 3.05) is 31.8 Å². The lowest BCUT2D eigenvalue weighted by Gasteiger charge is -2.25. The molecule has 0 saturated heterocycles. The first-order chi connectivity index (χ1) is 12.4. The van der Waals surface area contributed by atoms with E-state index in [1.54, 1.807) is 6.92 Å². The van der Waals surface area contributed by atoms with Crippen LogP contribution in [0.5, 0.6) is 0 Å². The van der Waals surface area contributed by atoms with Crippen molar-refractivity contribution in [3.05, 3.63) is 53.7 Å². The van der Waals surface area contributed by atoms with Gasteiger partial charge in [0.2, 0.25) is 5.90 Å². The molecule has 26 heavy (non-hydrogen) atoms. The third-order valence-corrected chi connectivity index (χ3v) is 3.61. The summed E-state index contributed by atoms with van der Waals surface area (Å²) < 4.78 is 5.12. The minimum absolute atomic E-state index is 0.0507. The number of amides is 2. The van der Waals surface area contributed by atoms with E-state index in [0.29, 0.717) is 23.7 Å². The second-order valence-corrected chi connectivity index (χ2v) is 5.79. The molecule has 138 valence electrons. The van der Waals surface area contributed by atoms with Gasteiger partial charge in [-0.1, -0.05) is 30.3 Å². The number of nitrogens with two attached hydrogens (primary N) is 1. The largest absolute Gasteiger partial charge is 0.478 e. The third kappa shape index (κ3) is 4.93. The van der Waals surface area contributed by atoms with E-state index in [1.165, 1.54) is 12.3 Å². The van der Waals surface area contributed by atoms with Crippen LogP contribution in [-0.2, 0) is 4.74 Å². The van der Waals surface area contributed by atoms with Crippen LogP contribution in [-0.4, -0.2) is 42.5 Å². The van der Waals surface area contributed by atoms with Gasteiger partial charge in [-0.3, -0.25) is 15.6 Å². The van der Waals surface area contributed by atoms with Crippen molar-refractivity contribution in [2.24, 2.45) is 0 Å². The monoisotopic (exact) mass is 356 g/mol. The van der Waals surface area contributed by atoms with Gasteiger partial charge in [-0.05, 0) is 26.6 Å².